The maximum Gasteiger partial charge on any atom is 0.248 e. The highest BCUT2D eigenvalue weighted by Gasteiger charge is 2.32. The summed E-state index contributed by atoms with van der Waals surface area (Å²) in [7, 11) is 0. The largest absolute Gasteiger partial charge is 0.379 e. The number of nitrogens with one attached hydrogen (secondary N) is 1. The lowest BCUT2D eigenvalue weighted by Gasteiger charge is -2.30. The summed E-state index contributed by atoms with van der Waals surface area (Å²) in [5.41, 5.74) is 6.06. The average Bonchev–Trinajstić information content (AvgIpc) is 3.00. The first-order valence-corrected chi connectivity index (χ1v) is 10.5. The van der Waals surface area contributed by atoms with Crippen LogP contribution < -0.4 is 11.1 Å². The van der Waals surface area contributed by atoms with Gasteiger partial charge >= 0.3 is 0 Å². The smallest absolute Gasteiger partial charge is 0.248 e. The zero-order chi connectivity index (χ0) is 18.7. The van der Waals surface area contributed by atoms with Gasteiger partial charge in [-0.15, -0.1) is 11.3 Å². The average molecular weight is 454 g/mol. The number of anilines is 1. The van der Waals surface area contributed by atoms with Crippen molar-refractivity contribution in [3.8, 4) is 0 Å². The van der Waals surface area contributed by atoms with E-state index in [0.29, 0.717) is 22.8 Å². The molecule has 0 aliphatic carbocycles. The van der Waals surface area contributed by atoms with Crippen LogP contribution in [-0.4, -0.2) is 16.8 Å². The number of thiophene rings is 1. The molecule has 1 aliphatic rings. The molecule has 26 heavy (non-hydrogen) atoms. The molecule has 8 heteroatoms. The number of nitrogens with zero attached hydrogens (tertiary/aromatic N) is 1. The van der Waals surface area contributed by atoms with E-state index in [4.69, 9.17) is 5.73 Å². The Bertz CT molecular complexity index is 896. The third-order valence-corrected chi connectivity index (χ3v) is 6.45. The number of amidine groups is 1. The SMILES string of the molecule is CC1(c2cc(NC(=O)/C=C/c3cc(Br)cs3)ccc2F)CCSC(N)=N1. The zero-order valence-electron chi connectivity index (χ0n) is 14.0. The van der Waals surface area contributed by atoms with Gasteiger partial charge in [0.1, 0.15) is 5.82 Å². The minimum atomic E-state index is -0.723. The van der Waals surface area contributed by atoms with Crippen LogP contribution in [0, 0.1) is 5.82 Å². The van der Waals surface area contributed by atoms with Crippen LogP contribution in [0.2, 0.25) is 0 Å². The number of thioether (sulfide) groups is 1. The minimum absolute atomic E-state index is 0.278. The summed E-state index contributed by atoms with van der Waals surface area (Å²) in [6.07, 6.45) is 3.87. The van der Waals surface area contributed by atoms with E-state index < -0.39 is 5.54 Å². The van der Waals surface area contributed by atoms with E-state index >= 15 is 0 Å². The number of nitrogens with two attached hydrogens (primary N) is 1. The summed E-state index contributed by atoms with van der Waals surface area (Å²) < 4.78 is 15.4. The number of hydrogen-bond acceptors (Lipinski definition) is 5. The number of rotatable bonds is 4. The van der Waals surface area contributed by atoms with Gasteiger partial charge in [-0.2, -0.15) is 0 Å². The van der Waals surface area contributed by atoms with Crippen LogP contribution in [0.15, 0.2) is 45.2 Å². The molecule has 0 bridgehead atoms. The van der Waals surface area contributed by atoms with Crippen molar-refractivity contribution >= 4 is 61.9 Å². The molecular formula is C18H17BrFN3OS2. The molecule has 1 aliphatic heterocycles. The molecule has 1 unspecified atom stereocenters. The maximum atomic E-state index is 14.4. The van der Waals surface area contributed by atoms with Crippen molar-refractivity contribution < 1.29 is 9.18 Å². The van der Waals surface area contributed by atoms with E-state index in [9.17, 15) is 9.18 Å². The van der Waals surface area contributed by atoms with Crippen LogP contribution in [-0.2, 0) is 10.3 Å². The Morgan fingerprint density at radius 1 is 1.46 bits per heavy atom. The van der Waals surface area contributed by atoms with E-state index in [-0.39, 0.29) is 11.7 Å². The van der Waals surface area contributed by atoms with Crippen molar-refractivity contribution in [3.63, 3.8) is 0 Å². The van der Waals surface area contributed by atoms with E-state index in [0.717, 1.165) is 15.1 Å². The molecule has 0 radical (unpaired) electrons. The lowest BCUT2D eigenvalue weighted by atomic mass is 9.89. The number of hydrogen-bond donors (Lipinski definition) is 2. The van der Waals surface area contributed by atoms with Crippen LogP contribution in [0.1, 0.15) is 23.8 Å². The summed E-state index contributed by atoms with van der Waals surface area (Å²) in [5.74, 6) is 0.147. The van der Waals surface area contributed by atoms with Gasteiger partial charge in [0.25, 0.3) is 0 Å². The normalized spacial score (nSPS) is 20.2. The summed E-state index contributed by atoms with van der Waals surface area (Å²) in [4.78, 5) is 17.5. The molecule has 0 spiro atoms. The van der Waals surface area contributed by atoms with E-state index in [1.807, 2.05) is 18.4 Å². The van der Waals surface area contributed by atoms with E-state index in [2.05, 4.69) is 26.2 Å². The van der Waals surface area contributed by atoms with Crippen LogP contribution in [0.4, 0.5) is 10.1 Å². The molecule has 2 aromatic rings. The van der Waals surface area contributed by atoms with Crippen molar-refractivity contribution in [1.29, 1.82) is 0 Å². The summed E-state index contributed by atoms with van der Waals surface area (Å²) in [6, 6.07) is 6.45. The van der Waals surface area contributed by atoms with Crippen molar-refractivity contribution in [2.45, 2.75) is 18.9 Å². The number of benzene rings is 1. The Balaban J connectivity index is 1.78. The standard InChI is InChI=1S/C18H17BrFN3OS2/c1-18(6-7-25-17(21)23-18)14-9-12(2-4-15(14)20)22-16(24)5-3-13-8-11(19)10-26-13/h2-5,8-10H,6-7H2,1H3,(H2,21,23)(H,22,24)/b5-3+. The van der Waals surface area contributed by atoms with Crippen molar-refractivity contribution in [2.24, 2.45) is 10.7 Å². The summed E-state index contributed by atoms with van der Waals surface area (Å²) in [6.45, 7) is 1.86. The zero-order valence-corrected chi connectivity index (χ0v) is 17.2. The first-order chi connectivity index (χ1) is 12.4. The van der Waals surface area contributed by atoms with E-state index in [1.54, 1.807) is 18.2 Å². The Morgan fingerprint density at radius 2 is 2.27 bits per heavy atom. The van der Waals surface area contributed by atoms with Crippen LogP contribution in [0.3, 0.4) is 0 Å². The lowest BCUT2D eigenvalue weighted by molar-refractivity contribution is -0.111. The molecule has 1 aromatic heterocycles. The van der Waals surface area contributed by atoms with Crippen LogP contribution in [0.5, 0.6) is 0 Å². The van der Waals surface area contributed by atoms with Crippen molar-refractivity contribution in [1.82, 2.24) is 0 Å². The highest BCUT2D eigenvalue weighted by atomic mass is 79.9. The topological polar surface area (TPSA) is 67.5 Å². The minimum Gasteiger partial charge on any atom is -0.379 e. The van der Waals surface area contributed by atoms with Crippen molar-refractivity contribution in [3.05, 3.63) is 56.5 Å². The molecule has 1 aromatic carbocycles. The van der Waals surface area contributed by atoms with Gasteiger partial charge in [-0.3, -0.25) is 9.79 Å². The van der Waals surface area contributed by atoms with Crippen LogP contribution in [0.25, 0.3) is 6.08 Å². The fourth-order valence-electron chi connectivity index (χ4n) is 2.65. The summed E-state index contributed by atoms with van der Waals surface area (Å²) in [5, 5.41) is 5.17. The second kappa shape index (κ2) is 7.94. The second-order valence-corrected chi connectivity index (χ2v) is 8.98. The highest BCUT2D eigenvalue weighted by Crippen LogP contribution is 2.37. The summed E-state index contributed by atoms with van der Waals surface area (Å²) >= 11 is 6.37. The fourth-order valence-corrected chi connectivity index (χ4v) is 4.97. The predicted molar refractivity (Wildman–Crippen MR) is 112 cm³/mol. The first kappa shape index (κ1) is 19.1. The molecule has 0 fully saturated rings. The van der Waals surface area contributed by atoms with Gasteiger partial charge < -0.3 is 11.1 Å². The molecule has 1 atom stereocenters. The number of carbonyl (C=O) groups excluding carboxylic acids is 1. The molecule has 0 saturated heterocycles. The molecule has 2 heterocycles. The molecule has 3 N–H and O–H groups in total. The number of halogens is 2. The van der Waals surface area contributed by atoms with Gasteiger partial charge in [0, 0.05) is 37.8 Å². The van der Waals surface area contributed by atoms with Gasteiger partial charge in [0.05, 0.1) is 5.54 Å². The predicted octanol–water partition coefficient (Wildman–Crippen LogP) is 4.97. The highest BCUT2D eigenvalue weighted by molar-refractivity contribution is 9.10. The fraction of sp³-hybridized carbons (Fsp3) is 0.222. The molecular weight excluding hydrogens is 437 g/mol. The monoisotopic (exact) mass is 453 g/mol. The quantitative estimate of drug-likeness (QED) is 0.642. The second-order valence-electron chi connectivity index (χ2n) is 6.01. The Labute approximate surface area is 167 Å². The maximum absolute atomic E-state index is 14.4. The first-order valence-electron chi connectivity index (χ1n) is 7.87. The number of carbonyl (C=O) groups is 1. The Morgan fingerprint density at radius 3 is 2.96 bits per heavy atom. The van der Waals surface area contributed by atoms with Gasteiger partial charge in [0.15, 0.2) is 5.17 Å². The molecule has 4 nitrogen and oxygen atoms in total. The Hall–Kier alpha value is -1.64. The lowest BCUT2D eigenvalue weighted by Crippen LogP contribution is -2.29. The molecule has 0 saturated carbocycles. The van der Waals surface area contributed by atoms with Gasteiger partial charge in [-0.05, 0) is 59.6 Å². The van der Waals surface area contributed by atoms with Gasteiger partial charge in [-0.25, -0.2) is 4.39 Å². The number of amides is 1. The van der Waals surface area contributed by atoms with Crippen molar-refractivity contribution in [2.75, 3.05) is 11.1 Å². The number of aliphatic imine (C=N–C) groups is 1. The van der Waals surface area contributed by atoms with Gasteiger partial charge in [-0.1, -0.05) is 11.8 Å². The third kappa shape index (κ3) is 4.55. The third-order valence-electron chi connectivity index (χ3n) is 4.00. The van der Waals surface area contributed by atoms with Gasteiger partial charge in [0.2, 0.25) is 5.91 Å². The molecule has 3 rings (SSSR count). The molecule has 136 valence electrons. The Kier molecular flexibility index (Phi) is 5.84. The molecule has 1 amide bonds. The van der Waals surface area contributed by atoms with Crippen LogP contribution >= 0.6 is 39.0 Å². The van der Waals surface area contributed by atoms with E-state index in [1.165, 1.54) is 35.2 Å².